The van der Waals surface area contributed by atoms with E-state index in [1.807, 2.05) is 29.6 Å². The van der Waals surface area contributed by atoms with Crippen LogP contribution in [0.4, 0.5) is 5.69 Å². The second-order valence-corrected chi connectivity index (χ2v) is 28.1. The summed E-state index contributed by atoms with van der Waals surface area (Å²) in [5, 5.41) is 5.24. The maximum absolute atomic E-state index is 4.40. The lowest BCUT2D eigenvalue weighted by Crippen LogP contribution is -2.37. The number of allylic oxidation sites excluding steroid dienone is 16. The minimum absolute atomic E-state index is 0.00829. The van der Waals surface area contributed by atoms with Crippen LogP contribution in [0.5, 0.6) is 0 Å². The summed E-state index contributed by atoms with van der Waals surface area (Å²) in [7, 11) is 2.55. The predicted octanol–water partition coefficient (Wildman–Crippen LogP) is 18.4. The van der Waals surface area contributed by atoms with Crippen LogP contribution in [-0.4, -0.2) is 7.28 Å². The molecule has 379 valence electrons. The molecule has 1 aromatic heterocycles. The van der Waals surface area contributed by atoms with Crippen LogP contribution in [0.3, 0.4) is 0 Å². The first-order valence-electron chi connectivity index (χ1n) is 27.4. The number of nitrogens with one attached hydrogen (secondary N) is 1. The van der Waals surface area contributed by atoms with Gasteiger partial charge < -0.3 is 10.2 Å². The van der Waals surface area contributed by atoms with Crippen LogP contribution in [0.2, 0.25) is 0 Å². The number of hydrogen-bond acceptors (Lipinski definition) is 3. The van der Waals surface area contributed by atoms with Crippen LogP contribution in [0, 0.1) is 57.7 Å². The molecule has 1 N–H and O–H groups in total. The molecule has 1 aromatic carbocycles. The predicted molar refractivity (Wildman–Crippen MR) is 316 cm³/mol. The SMILES string of the molecule is C=C/C=C(\C=C)C1=CC(C(C)(C)C)C(C(C)(C)C)C=C1N/C=C/C(=C\C=C)N(C1=CC(C(C)C)CC(C(C)(C)C)=C1)c1c([B]C2=CCC3C(=C2)C(C)CCC3C)sc2cc3c(cc12)C(C)(C)CCC3(C)C. The molecule has 6 atom stereocenters. The zero-order valence-electron chi connectivity index (χ0n) is 47.5. The minimum Gasteiger partial charge on any atom is -0.361 e. The van der Waals surface area contributed by atoms with Gasteiger partial charge in [-0.2, -0.15) is 0 Å². The number of anilines is 1. The van der Waals surface area contributed by atoms with Gasteiger partial charge in [-0.3, -0.25) is 0 Å². The Morgan fingerprint density at radius 1 is 0.831 bits per heavy atom. The molecular weight excluding hydrogens is 876 g/mol. The third-order valence-corrected chi connectivity index (χ3v) is 18.4. The lowest BCUT2D eigenvalue weighted by atomic mass is 9.60. The first-order chi connectivity index (χ1) is 33.1. The van der Waals surface area contributed by atoms with Gasteiger partial charge in [0.2, 0.25) is 7.28 Å². The molecule has 0 saturated heterocycles. The number of hydrogen-bond donors (Lipinski definition) is 1. The van der Waals surface area contributed by atoms with Gasteiger partial charge >= 0.3 is 0 Å². The summed E-state index contributed by atoms with van der Waals surface area (Å²) in [6.07, 6.45) is 37.0. The Hall–Kier alpha value is -4.28. The molecule has 1 heterocycles. The van der Waals surface area contributed by atoms with E-state index in [-0.39, 0.29) is 27.1 Å². The molecular formula is C67H92BN2S. The van der Waals surface area contributed by atoms with E-state index in [1.165, 1.54) is 79.7 Å². The average Bonchev–Trinajstić information content (AvgIpc) is 3.63. The van der Waals surface area contributed by atoms with Crippen LogP contribution in [0.25, 0.3) is 10.1 Å². The second-order valence-electron chi connectivity index (χ2n) is 27.0. The summed E-state index contributed by atoms with van der Waals surface area (Å²) < 4.78 is 2.66. The standard InChI is InChI=1S/C67H92BN2S/c1-21-24-45(23-3)53-38-55(64(11,12)13)56(65(14,15)16)40-59(53)69-33-30-49(25-22-2)70(50-35-46(42(4)5)34-47(36-50)63(8,9)10)61-54-39-57-58(67(19,20)32-31-66(57,17)18)41-60(54)71-62(61)68-48-28-29-51-43(6)26-27-44(7)52(51)37-48/h21-25,28,30,33,35-44,46,51,55-56,69H,1-3,26-27,29,31-32,34H2,4-20H3/b33-30+,45-24+,49-25+. The molecule has 0 amide bonds. The van der Waals surface area contributed by atoms with E-state index in [2.05, 4.69) is 228 Å². The summed E-state index contributed by atoms with van der Waals surface area (Å²) >= 11 is 1.98. The van der Waals surface area contributed by atoms with E-state index >= 15 is 0 Å². The highest BCUT2D eigenvalue weighted by Crippen LogP contribution is 2.52. The van der Waals surface area contributed by atoms with Crippen molar-refractivity contribution in [2.24, 2.45) is 57.7 Å². The molecule has 2 aromatic rings. The van der Waals surface area contributed by atoms with Gasteiger partial charge in [0.15, 0.2) is 0 Å². The number of nitrogens with zero attached hydrogens (tertiary/aromatic N) is 1. The molecule has 1 radical (unpaired) electrons. The lowest BCUT2D eigenvalue weighted by Gasteiger charge is -2.44. The van der Waals surface area contributed by atoms with E-state index in [0.29, 0.717) is 35.5 Å². The van der Waals surface area contributed by atoms with Gasteiger partial charge in [0, 0.05) is 39.0 Å². The Balaban J connectivity index is 1.48. The quantitative estimate of drug-likeness (QED) is 0.159. The molecule has 6 unspecified atom stereocenters. The molecule has 4 heteroatoms. The largest absolute Gasteiger partial charge is 0.361 e. The molecule has 5 aliphatic carbocycles. The van der Waals surface area contributed by atoms with Crippen molar-refractivity contribution in [3.63, 3.8) is 0 Å². The highest BCUT2D eigenvalue weighted by molar-refractivity contribution is 7.29. The highest BCUT2D eigenvalue weighted by Gasteiger charge is 2.41. The maximum Gasteiger partial charge on any atom is 0.207 e. The monoisotopic (exact) mass is 968 g/mol. The zero-order valence-corrected chi connectivity index (χ0v) is 48.3. The number of thiophene rings is 1. The normalized spacial score (nSPS) is 26.1. The van der Waals surface area contributed by atoms with Crippen molar-refractivity contribution < 1.29 is 0 Å². The number of rotatable bonds is 13. The Morgan fingerprint density at radius 3 is 2.06 bits per heavy atom. The highest BCUT2D eigenvalue weighted by atomic mass is 32.1. The van der Waals surface area contributed by atoms with Crippen molar-refractivity contribution in [3.8, 4) is 0 Å². The summed E-state index contributed by atoms with van der Waals surface area (Å²) in [4.78, 5) is 2.62. The second kappa shape index (κ2) is 20.6. The van der Waals surface area contributed by atoms with Crippen LogP contribution < -0.4 is 15.0 Å². The smallest absolute Gasteiger partial charge is 0.207 e. The molecule has 0 spiro atoms. The maximum atomic E-state index is 4.40. The molecule has 1 saturated carbocycles. The molecule has 5 aliphatic rings. The summed E-state index contributed by atoms with van der Waals surface area (Å²) in [5.41, 5.74) is 14.7. The van der Waals surface area contributed by atoms with Crippen molar-refractivity contribution in [3.05, 3.63) is 167 Å². The summed E-state index contributed by atoms with van der Waals surface area (Å²) in [5.74, 6) is 3.50. The Morgan fingerprint density at radius 2 is 1.46 bits per heavy atom. The molecule has 2 nitrogen and oxygen atoms in total. The molecule has 0 aliphatic heterocycles. The average molecular weight is 968 g/mol. The van der Waals surface area contributed by atoms with Gasteiger partial charge in [0.05, 0.1) is 5.69 Å². The van der Waals surface area contributed by atoms with E-state index in [4.69, 9.17) is 0 Å². The zero-order chi connectivity index (χ0) is 52.2. The summed E-state index contributed by atoms with van der Waals surface area (Å²) in [6.45, 7) is 53.8. The van der Waals surface area contributed by atoms with Crippen LogP contribution in [0.15, 0.2) is 156 Å². The summed E-state index contributed by atoms with van der Waals surface area (Å²) in [6, 6.07) is 5.21. The van der Waals surface area contributed by atoms with Gasteiger partial charge in [0.25, 0.3) is 0 Å². The number of benzene rings is 1. The first-order valence-corrected chi connectivity index (χ1v) is 28.2. The van der Waals surface area contributed by atoms with E-state index in [9.17, 15) is 0 Å². The molecule has 0 bridgehead atoms. The Bertz CT molecular complexity index is 2680. The van der Waals surface area contributed by atoms with Gasteiger partial charge in [-0.25, -0.2) is 0 Å². The van der Waals surface area contributed by atoms with Crippen molar-refractivity contribution >= 4 is 39.2 Å². The fraction of sp³-hybridized carbons (Fsp3) is 0.522. The van der Waals surface area contributed by atoms with Gasteiger partial charge in [0.1, 0.15) is 0 Å². The third kappa shape index (κ3) is 11.4. The van der Waals surface area contributed by atoms with Crippen molar-refractivity contribution in [1.29, 1.82) is 0 Å². The Labute approximate surface area is 438 Å². The van der Waals surface area contributed by atoms with Gasteiger partial charge in [-0.05, 0) is 159 Å². The van der Waals surface area contributed by atoms with Crippen molar-refractivity contribution in [2.45, 2.75) is 167 Å². The molecule has 71 heavy (non-hydrogen) atoms. The van der Waals surface area contributed by atoms with Crippen molar-refractivity contribution in [1.82, 2.24) is 5.32 Å². The van der Waals surface area contributed by atoms with Crippen molar-refractivity contribution in [2.75, 3.05) is 4.90 Å². The first kappa shape index (κ1) is 54.5. The van der Waals surface area contributed by atoms with Crippen LogP contribution in [-0.2, 0) is 10.8 Å². The van der Waals surface area contributed by atoms with E-state index in [1.54, 1.807) is 5.57 Å². The molecule has 7 rings (SSSR count). The molecule has 1 fully saturated rings. The van der Waals surface area contributed by atoms with Crippen LogP contribution >= 0.6 is 11.3 Å². The fourth-order valence-electron chi connectivity index (χ4n) is 12.4. The Kier molecular flexibility index (Phi) is 15.8. The third-order valence-electron chi connectivity index (χ3n) is 17.3. The fourth-order valence-corrected chi connectivity index (χ4v) is 13.6. The van der Waals surface area contributed by atoms with Gasteiger partial charge in [-0.1, -0.05) is 209 Å². The number of fused-ring (bicyclic) bond motifs is 3. The van der Waals surface area contributed by atoms with E-state index in [0.717, 1.165) is 35.7 Å². The van der Waals surface area contributed by atoms with Gasteiger partial charge in [-0.15, -0.1) is 11.3 Å². The van der Waals surface area contributed by atoms with Crippen LogP contribution in [0.1, 0.15) is 167 Å². The lowest BCUT2D eigenvalue weighted by molar-refractivity contribution is 0.139. The van der Waals surface area contributed by atoms with E-state index < -0.39 is 0 Å². The topological polar surface area (TPSA) is 15.3 Å². The minimum atomic E-state index is 0.00829.